The number of hydrogen-bond donors (Lipinski definition) is 4. The predicted octanol–water partition coefficient (Wildman–Crippen LogP) is -1.43. The zero-order valence-electron chi connectivity index (χ0n) is 13.2. The van der Waals surface area contributed by atoms with Crippen molar-refractivity contribution in [3.8, 4) is 0 Å². The molecule has 0 bridgehead atoms. The van der Waals surface area contributed by atoms with E-state index in [0.29, 0.717) is 0 Å². The Morgan fingerprint density at radius 3 is 2.83 bits per heavy atom. The lowest BCUT2D eigenvalue weighted by atomic mass is 9.88. The van der Waals surface area contributed by atoms with E-state index in [-0.39, 0.29) is 13.0 Å². The molecular formula is C13H22N4O7. The Hall–Kier alpha value is -1.72. The number of aliphatic hydroxyl groups excluding tert-OH is 3. The van der Waals surface area contributed by atoms with Crippen molar-refractivity contribution >= 4 is 5.97 Å². The Labute approximate surface area is 138 Å². The van der Waals surface area contributed by atoms with Crippen LogP contribution < -0.4 is 5.73 Å². The molecule has 24 heavy (non-hydrogen) atoms. The monoisotopic (exact) mass is 346 g/mol. The van der Waals surface area contributed by atoms with Gasteiger partial charge in [-0.15, -0.1) is 6.58 Å². The summed E-state index contributed by atoms with van der Waals surface area (Å²) in [7, 11) is 1.11. The zero-order chi connectivity index (χ0) is 18.3. The van der Waals surface area contributed by atoms with E-state index >= 15 is 0 Å². The first kappa shape index (κ1) is 20.3. The molecular weight excluding hydrogens is 324 g/mol. The van der Waals surface area contributed by atoms with Gasteiger partial charge < -0.3 is 35.3 Å². The summed E-state index contributed by atoms with van der Waals surface area (Å²) in [5.41, 5.74) is 14.6. The van der Waals surface area contributed by atoms with Crippen molar-refractivity contribution < 1.29 is 34.3 Å². The summed E-state index contributed by atoms with van der Waals surface area (Å²) in [5, 5.41) is 32.3. The average Bonchev–Trinajstić information content (AvgIpc) is 2.60. The lowest BCUT2D eigenvalue weighted by Gasteiger charge is -2.45. The molecule has 0 aromatic rings. The molecule has 0 radical (unpaired) electrons. The zero-order valence-corrected chi connectivity index (χ0v) is 13.2. The first-order chi connectivity index (χ1) is 11.4. The standard InChI is InChI=1S/C13H22N4O7/c1-3-4-23-13(12(21)22-2)5-7(16-17-15)9(14)11(24-13)10(20)8(19)6-18/h3,7-11,18-20H,1,4-6,14H2,2H3/t7-,8-,9-,10-,11?,13-/m1/s1. The van der Waals surface area contributed by atoms with Gasteiger partial charge >= 0.3 is 5.97 Å². The number of carbonyl (C=O) groups is 1. The van der Waals surface area contributed by atoms with Crippen molar-refractivity contribution in [2.75, 3.05) is 20.3 Å². The van der Waals surface area contributed by atoms with Gasteiger partial charge in [-0.25, -0.2) is 4.79 Å². The van der Waals surface area contributed by atoms with Gasteiger partial charge in [0, 0.05) is 17.4 Å². The highest BCUT2D eigenvalue weighted by Gasteiger charge is 2.55. The third kappa shape index (κ3) is 4.22. The Balaban J connectivity index is 3.25. The van der Waals surface area contributed by atoms with Crippen LogP contribution in [0.4, 0.5) is 0 Å². The molecule has 0 saturated carbocycles. The molecule has 0 aromatic heterocycles. The summed E-state index contributed by atoms with van der Waals surface area (Å²) in [5.74, 6) is -2.93. The fourth-order valence-electron chi connectivity index (χ4n) is 2.42. The molecule has 1 fully saturated rings. The van der Waals surface area contributed by atoms with Gasteiger partial charge in [0.25, 0.3) is 5.79 Å². The van der Waals surface area contributed by atoms with Gasteiger partial charge in [-0.2, -0.15) is 0 Å². The van der Waals surface area contributed by atoms with Gasteiger partial charge in [0.2, 0.25) is 0 Å². The molecule has 11 heteroatoms. The molecule has 136 valence electrons. The molecule has 0 spiro atoms. The third-order valence-corrected chi connectivity index (χ3v) is 3.68. The quantitative estimate of drug-likeness (QED) is 0.136. The number of methoxy groups -OCH3 is 1. The molecule has 0 aromatic carbocycles. The minimum atomic E-state index is -2.00. The van der Waals surface area contributed by atoms with E-state index in [2.05, 4.69) is 21.3 Å². The van der Waals surface area contributed by atoms with Gasteiger partial charge in [-0.3, -0.25) is 0 Å². The highest BCUT2D eigenvalue weighted by atomic mass is 16.7. The Morgan fingerprint density at radius 1 is 1.67 bits per heavy atom. The number of carbonyl (C=O) groups excluding carboxylic acids is 1. The SMILES string of the molecule is C=CCO[C@]1(C(=O)OC)C[C@@H](N=[N+]=[N-])[C@@H](N)C([C@H](O)[C@H](O)CO)O1. The van der Waals surface area contributed by atoms with Crippen LogP contribution >= 0.6 is 0 Å². The van der Waals surface area contributed by atoms with E-state index in [1.54, 1.807) is 0 Å². The van der Waals surface area contributed by atoms with E-state index < -0.39 is 48.8 Å². The third-order valence-electron chi connectivity index (χ3n) is 3.68. The molecule has 1 saturated heterocycles. The number of nitrogens with two attached hydrogens (primary N) is 1. The lowest BCUT2D eigenvalue weighted by Crippen LogP contribution is -2.66. The number of esters is 1. The molecule has 1 unspecified atom stereocenters. The van der Waals surface area contributed by atoms with Crippen LogP contribution in [-0.4, -0.2) is 77.8 Å². The van der Waals surface area contributed by atoms with Crippen molar-refractivity contribution in [3.63, 3.8) is 0 Å². The van der Waals surface area contributed by atoms with E-state index in [1.807, 2.05) is 0 Å². The minimum absolute atomic E-state index is 0.0985. The Kier molecular flexibility index (Phi) is 7.58. The molecule has 5 N–H and O–H groups in total. The van der Waals surface area contributed by atoms with E-state index in [4.69, 9.17) is 25.8 Å². The molecule has 1 heterocycles. The molecule has 11 nitrogen and oxygen atoms in total. The summed E-state index contributed by atoms with van der Waals surface area (Å²) in [6.45, 7) is 2.60. The van der Waals surface area contributed by atoms with Crippen LogP contribution in [0, 0.1) is 0 Å². The predicted molar refractivity (Wildman–Crippen MR) is 80.4 cm³/mol. The van der Waals surface area contributed by atoms with Gasteiger partial charge in [0.05, 0.1) is 26.4 Å². The van der Waals surface area contributed by atoms with Crippen molar-refractivity contribution in [1.29, 1.82) is 0 Å². The summed E-state index contributed by atoms with van der Waals surface area (Å²) >= 11 is 0. The Morgan fingerprint density at radius 2 is 2.33 bits per heavy atom. The van der Waals surface area contributed by atoms with E-state index in [0.717, 1.165) is 7.11 Å². The highest BCUT2D eigenvalue weighted by Crippen LogP contribution is 2.34. The maximum Gasteiger partial charge on any atom is 0.366 e. The smallest absolute Gasteiger partial charge is 0.366 e. The number of rotatable bonds is 8. The molecule has 0 aliphatic carbocycles. The van der Waals surface area contributed by atoms with Crippen LogP contribution in [0.2, 0.25) is 0 Å². The average molecular weight is 346 g/mol. The Bertz CT molecular complexity index is 499. The maximum atomic E-state index is 12.2. The molecule has 1 aliphatic rings. The van der Waals surface area contributed by atoms with Gasteiger partial charge in [-0.1, -0.05) is 11.2 Å². The topological polar surface area (TPSA) is 180 Å². The van der Waals surface area contributed by atoms with Crippen molar-refractivity contribution in [1.82, 2.24) is 0 Å². The van der Waals surface area contributed by atoms with Gasteiger partial charge in [-0.05, 0) is 5.53 Å². The number of hydrogen-bond acceptors (Lipinski definition) is 9. The summed E-state index contributed by atoms with van der Waals surface area (Å²) < 4.78 is 15.6. The number of nitrogens with zero attached hydrogens (tertiary/aromatic N) is 3. The number of aliphatic hydroxyl groups is 3. The minimum Gasteiger partial charge on any atom is -0.465 e. The second-order valence-corrected chi connectivity index (χ2v) is 5.22. The lowest BCUT2D eigenvalue weighted by molar-refractivity contribution is -0.296. The molecule has 1 aliphatic heterocycles. The molecule has 6 atom stereocenters. The van der Waals surface area contributed by atoms with E-state index in [1.165, 1.54) is 6.08 Å². The van der Waals surface area contributed by atoms with Crippen LogP contribution in [-0.2, 0) is 19.0 Å². The van der Waals surface area contributed by atoms with Gasteiger partial charge in [0.15, 0.2) is 0 Å². The van der Waals surface area contributed by atoms with Crippen LogP contribution in [0.3, 0.4) is 0 Å². The first-order valence-corrected chi connectivity index (χ1v) is 7.14. The van der Waals surface area contributed by atoms with Crippen molar-refractivity contribution in [2.24, 2.45) is 10.8 Å². The maximum absolute atomic E-state index is 12.2. The number of ether oxygens (including phenoxy) is 3. The second-order valence-electron chi connectivity index (χ2n) is 5.22. The fourth-order valence-corrected chi connectivity index (χ4v) is 2.42. The van der Waals surface area contributed by atoms with Crippen LogP contribution in [0.25, 0.3) is 10.4 Å². The van der Waals surface area contributed by atoms with Crippen molar-refractivity contribution in [3.05, 3.63) is 23.1 Å². The van der Waals surface area contributed by atoms with Crippen LogP contribution in [0.5, 0.6) is 0 Å². The van der Waals surface area contributed by atoms with Crippen LogP contribution in [0.1, 0.15) is 6.42 Å². The summed E-state index contributed by atoms with van der Waals surface area (Å²) in [6, 6.07) is -2.04. The van der Waals surface area contributed by atoms with Crippen molar-refractivity contribution in [2.45, 2.75) is 42.6 Å². The summed E-state index contributed by atoms with van der Waals surface area (Å²) in [6.07, 6.45) is -3.49. The number of azide groups is 1. The summed E-state index contributed by atoms with van der Waals surface area (Å²) in [4.78, 5) is 14.9. The van der Waals surface area contributed by atoms with E-state index in [9.17, 15) is 15.0 Å². The molecule has 0 amide bonds. The first-order valence-electron chi connectivity index (χ1n) is 7.14. The van der Waals surface area contributed by atoms with Gasteiger partial charge in [0.1, 0.15) is 18.3 Å². The largest absolute Gasteiger partial charge is 0.465 e. The normalized spacial score (nSPS) is 32.3. The highest BCUT2D eigenvalue weighted by molar-refractivity contribution is 5.78. The van der Waals surface area contributed by atoms with Crippen LogP contribution in [0.15, 0.2) is 17.8 Å². The second kappa shape index (κ2) is 8.94. The molecule has 1 rings (SSSR count). The fraction of sp³-hybridized carbons (Fsp3) is 0.769.